The van der Waals surface area contributed by atoms with Crippen LogP contribution in [0, 0.1) is 0 Å². The van der Waals surface area contributed by atoms with Crippen LogP contribution in [0.25, 0.3) is 0 Å². The van der Waals surface area contributed by atoms with Gasteiger partial charge in [0, 0.05) is 18.6 Å². The van der Waals surface area contributed by atoms with Crippen molar-refractivity contribution >= 4 is 5.91 Å². The van der Waals surface area contributed by atoms with Crippen LogP contribution in [0.3, 0.4) is 0 Å². The van der Waals surface area contributed by atoms with E-state index in [0.29, 0.717) is 0 Å². The second-order valence-electron chi connectivity index (χ2n) is 5.69. The quantitative estimate of drug-likeness (QED) is 0.545. The molecule has 1 fully saturated rings. The third-order valence-corrected chi connectivity index (χ3v) is 3.39. The van der Waals surface area contributed by atoms with Gasteiger partial charge in [0.1, 0.15) is 0 Å². The molecular weight excluding hydrogens is 238 g/mol. The number of nitrogens with one attached hydrogen (secondary N) is 1. The van der Waals surface area contributed by atoms with Gasteiger partial charge in [0.05, 0.1) is 6.04 Å². The summed E-state index contributed by atoms with van der Waals surface area (Å²) in [7, 11) is 0. The van der Waals surface area contributed by atoms with Crippen LogP contribution in [-0.4, -0.2) is 42.0 Å². The lowest BCUT2D eigenvalue weighted by Gasteiger charge is -2.24. The maximum Gasteiger partial charge on any atom is 0.237 e. The van der Waals surface area contributed by atoms with E-state index < -0.39 is 0 Å². The lowest BCUT2D eigenvalue weighted by Crippen LogP contribution is -2.45. The van der Waals surface area contributed by atoms with Crippen LogP contribution in [0.15, 0.2) is 12.2 Å². The van der Waals surface area contributed by atoms with E-state index in [2.05, 4.69) is 29.3 Å². The predicted molar refractivity (Wildman–Crippen MR) is 79.9 cm³/mol. The molecule has 0 aromatic carbocycles. The molecule has 0 saturated carbocycles. The van der Waals surface area contributed by atoms with Crippen molar-refractivity contribution in [2.45, 2.75) is 64.6 Å². The van der Waals surface area contributed by atoms with E-state index in [4.69, 9.17) is 5.73 Å². The van der Waals surface area contributed by atoms with Crippen molar-refractivity contribution < 1.29 is 4.79 Å². The highest BCUT2D eigenvalue weighted by atomic mass is 16.2. The number of amides is 1. The van der Waals surface area contributed by atoms with Crippen LogP contribution >= 0.6 is 0 Å². The van der Waals surface area contributed by atoms with Crippen molar-refractivity contribution in [1.29, 1.82) is 0 Å². The van der Waals surface area contributed by atoms with Crippen molar-refractivity contribution in [3.05, 3.63) is 12.2 Å². The van der Waals surface area contributed by atoms with Crippen LogP contribution in [-0.2, 0) is 4.79 Å². The number of carbonyl (C=O) groups is 1. The van der Waals surface area contributed by atoms with Crippen LogP contribution < -0.4 is 11.1 Å². The second-order valence-corrected chi connectivity index (χ2v) is 5.69. The Morgan fingerprint density at radius 3 is 2.84 bits per heavy atom. The highest BCUT2D eigenvalue weighted by Crippen LogP contribution is 2.17. The van der Waals surface area contributed by atoms with Crippen molar-refractivity contribution in [3.8, 4) is 0 Å². The van der Waals surface area contributed by atoms with Crippen molar-refractivity contribution in [2.75, 3.05) is 13.1 Å². The Labute approximate surface area is 117 Å². The summed E-state index contributed by atoms with van der Waals surface area (Å²) in [5.74, 6) is 0.132. The summed E-state index contributed by atoms with van der Waals surface area (Å²) in [5.41, 5.74) is 6.00. The Hall–Kier alpha value is -0.870. The van der Waals surface area contributed by atoms with Crippen molar-refractivity contribution in [2.24, 2.45) is 5.73 Å². The molecular formula is C15H29N3O. The Kier molecular flexibility index (Phi) is 7.10. The van der Waals surface area contributed by atoms with Gasteiger partial charge < -0.3 is 11.1 Å². The van der Waals surface area contributed by atoms with Crippen LogP contribution in [0.5, 0.6) is 0 Å². The van der Waals surface area contributed by atoms with Gasteiger partial charge in [-0.25, -0.2) is 0 Å². The molecule has 3 N–H and O–H groups in total. The van der Waals surface area contributed by atoms with Crippen LogP contribution in [0.4, 0.5) is 0 Å². The molecule has 4 heteroatoms. The minimum absolute atomic E-state index is 0.0347. The summed E-state index contributed by atoms with van der Waals surface area (Å²) in [5, 5.41) is 3.00. The third-order valence-electron chi connectivity index (χ3n) is 3.39. The summed E-state index contributed by atoms with van der Waals surface area (Å²) in [4.78, 5) is 14.4. The van der Waals surface area contributed by atoms with Crippen LogP contribution in [0.2, 0.25) is 0 Å². The lowest BCUT2D eigenvalue weighted by atomic mass is 10.1. The van der Waals surface area contributed by atoms with E-state index in [-0.39, 0.29) is 24.0 Å². The highest BCUT2D eigenvalue weighted by Gasteiger charge is 2.34. The number of likely N-dealkylation sites (tertiary alicyclic amines) is 1. The Bertz CT molecular complexity index is 302. The fourth-order valence-corrected chi connectivity index (χ4v) is 2.54. The highest BCUT2D eigenvalue weighted by molar-refractivity contribution is 5.82. The maximum absolute atomic E-state index is 12.1. The SMILES string of the molecule is CCC=CCCCN1C[C@H](N)C[C@H]1C(=O)NC(C)C. The smallest absolute Gasteiger partial charge is 0.237 e. The van der Waals surface area contributed by atoms with Gasteiger partial charge in [-0.2, -0.15) is 0 Å². The molecule has 2 atom stereocenters. The van der Waals surface area contributed by atoms with Crippen LogP contribution in [0.1, 0.15) is 46.5 Å². The molecule has 0 radical (unpaired) electrons. The fraction of sp³-hybridized carbons (Fsp3) is 0.800. The molecule has 1 heterocycles. The van der Waals surface area contributed by atoms with E-state index in [1.54, 1.807) is 0 Å². The molecule has 19 heavy (non-hydrogen) atoms. The molecule has 4 nitrogen and oxygen atoms in total. The van der Waals surface area contributed by atoms with Gasteiger partial charge in [0.2, 0.25) is 5.91 Å². The molecule has 1 amide bonds. The summed E-state index contributed by atoms with van der Waals surface area (Å²) < 4.78 is 0. The van der Waals surface area contributed by atoms with E-state index in [9.17, 15) is 4.79 Å². The Morgan fingerprint density at radius 2 is 2.21 bits per heavy atom. The number of hydrogen-bond donors (Lipinski definition) is 2. The number of carbonyl (C=O) groups excluding carboxylic acids is 1. The first kappa shape index (κ1) is 16.2. The number of nitrogens with zero attached hydrogens (tertiary/aromatic N) is 1. The first-order valence-corrected chi connectivity index (χ1v) is 7.49. The number of unbranched alkanes of at least 4 members (excludes halogenated alkanes) is 1. The average molecular weight is 267 g/mol. The van der Waals surface area contributed by atoms with Crippen molar-refractivity contribution in [1.82, 2.24) is 10.2 Å². The van der Waals surface area contributed by atoms with E-state index >= 15 is 0 Å². The predicted octanol–water partition coefficient (Wildman–Crippen LogP) is 1.66. The summed E-state index contributed by atoms with van der Waals surface area (Å²) in [6.45, 7) is 7.92. The molecule has 0 aromatic heterocycles. The largest absolute Gasteiger partial charge is 0.353 e. The van der Waals surface area contributed by atoms with Crippen molar-refractivity contribution in [3.63, 3.8) is 0 Å². The van der Waals surface area contributed by atoms with Gasteiger partial charge in [-0.3, -0.25) is 9.69 Å². The average Bonchev–Trinajstić information content (AvgIpc) is 2.69. The first-order valence-electron chi connectivity index (χ1n) is 7.49. The Balaban J connectivity index is 2.41. The molecule has 0 spiro atoms. The van der Waals surface area contributed by atoms with Gasteiger partial charge in [0.25, 0.3) is 0 Å². The zero-order valence-corrected chi connectivity index (χ0v) is 12.6. The fourth-order valence-electron chi connectivity index (χ4n) is 2.54. The molecule has 0 aliphatic carbocycles. The van der Waals surface area contributed by atoms with Gasteiger partial charge in [-0.15, -0.1) is 0 Å². The van der Waals surface area contributed by atoms with Gasteiger partial charge in [0.15, 0.2) is 0 Å². The minimum Gasteiger partial charge on any atom is -0.353 e. The molecule has 1 saturated heterocycles. The summed E-state index contributed by atoms with van der Waals surface area (Å²) >= 11 is 0. The molecule has 110 valence electrons. The zero-order chi connectivity index (χ0) is 14.3. The van der Waals surface area contributed by atoms with Gasteiger partial charge >= 0.3 is 0 Å². The molecule has 0 bridgehead atoms. The number of allylic oxidation sites excluding steroid dienone is 2. The minimum atomic E-state index is -0.0347. The number of nitrogens with two attached hydrogens (primary N) is 1. The summed E-state index contributed by atoms with van der Waals surface area (Å²) in [6.07, 6.45) is 8.46. The second kappa shape index (κ2) is 8.33. The molecule has 1 rings (SSSR count). The molecule has 0 unspecified atom stereocenters. The Morgan fingerprint density at radius 1 is 1.47 bits per heavy atom. The van der Waals surface area contributed by atoms with Gasteiger partial charge in [-0.1, -0.05) is 19.1 Å². The normalized spacial score (nSPS) is 24.5. The number of rotatable bonds is 7. The van der Waals surface area contributed by atoms with E-state index in [1.165, 1.54) is 0 Å². The molecule has 0 aromatic rings. The van der Waals surface area contributed by atoms with Gasteiger partial charge in [-0.05, 0) is 46.1 Å². The standard InChI is InChI=1S/C15H29N3O/c1-4-5-6-7-8-9-18-11-13(16)10-14(18)15(19)17-12(2)3/h5-6,12-14H,4,7-11,16H2,1-3H3,(H,17,19)/t13-,14+/m1/s1. The zero-order valence-electron chi connectivity index (χ0n) is 12.6. The molecule has 1 aliphatic heterocycles. The van der Waals surface area contributed by atoms with E-state index in [1.807, 2.05) is 13.8 Å². The monoisotopic (exact) mass is 267 g/mol. The summed E-state index contributed by atoms with van der Waals surface area (Å²) in [6, 6.07) is 0.292. The molecule has 1 aliphatic rings. The van der Waals surface area contributed by atoms with E-state index in [0.717, 1.165) is 38.8 Å². The topological polar surface area (TPSA) is 58.4 Å². The third kappa shape index (κ3) is 5.74. The maximum atomic E-state index is 12.1. The first-order chi connectivity index (χ1) is 9.04. The lowest BCUT2D eigenvalue weighted by molar-refractivity contribution is -0.126. The number of hydrogen-bond acceptors (Lipinski definition) is 3.